The van der Waals surface area contributed by atoms with Gasteiger partial charge in [0, 0.05) is 11.3 Å². The smallest absolute Gasteiger partial charge is 0.317 e. The largest absolute Gasteiger partial charge is 0.493 e. The summed E-state index contributed by atoms with van der Waals surface area (Å²) in [6.07, 6.45) is 0.939. The van der Waals surface area contributed by atoms with Crippen molar-refractivity contribution >= 4 is 29.0 Å². The molecular formula is C22H24N2O4S. The Morgan fingerprint density at radius 2 is 1.97 bits per heavy atom. The van der Waals surface area contributed by atoms with Gasteiger partial charge >= 0.3 is 5.97 Å². The number of nitrogens with one attached hydrogen (secondary N) is 1. The third-order valence-corrected chi connectivity index (χ3v) is 6.07. The monoisotopic (exact) mass is 412 g/mol. The van der Waals surface area contributed by atoms with E-state index in [1.165, 1.54) is 12.7 Å². The van der Waals surface area contributed by atoms with Gasteiger partial charge in [0.15, 0.2) is 16.6 Å². The van der Waals surface area contributed by atoms with E-state index in [2.05, 4.69) is 24.4 Å². The number of rotatable bonds is 4. The van der Waals surface area contributed by atoms with Crippen LogP contribution in [-0.2, 0) is 16.0 Å². The summed E-state index contributed by atoms with van der Waals surface area (Å²) in [5, 5.41) is 3.84. The SMILES string of the molecule is CCc1ccc(N2C(=S)NC3c4cccc(OC)c4OC2(C)C3C(=O)OC)cc1. The lowest BCUT2D eigenvalue weighted by Crippen LogP contribution is -2.71. The third kappa shape index (κ3) is 2.92. The highest BCUT2D eigenvalue weighted by Gasteiger charge is 2.60. The van der Waals surface area contributed by atoms with Gasteiger partial charge in [-0.1, -0.05) is 31.2 Å². The van der Waals surface area contributed by atoms with Crippen LogP contribution in [0.2, 0.25) is 0 Å². The minimum absolute atomic E-state index is 0.365. The molecule has 0 saturated carbocycles. The number of methoxy groups -OCH3 is 2. The molecule has 2 heterocycles. The van der Waals surface area contributed by atoms with Crippen molar-refractivity contribution in [2.75, 3.05) is 19.1 Å². The van der Waals surface area contributed by atoms with E-state index in [1.807, 2.05) is 42.2 Å². The van der Waals surface area contributed by atoms with Crippen LogP contribution in [-0.4, -0.2) is 31.0 Å². The predicted octanol–water partition coefficient (Wildman–Crippen LogP) is 3.59. The van der Waals surface area contributed by atoms with Gasteiger partial charge in [-0.25, -0.2) is 0 Å². The van der Waals surface area contributed by atoms with Crippen molar-refractivity contribution in [3.05, 3.63) is 53.6 Å². The van der Waals surface area contributed by atoms with Gasteiger partial charge in [0.05, 0.1) is 20.3 Å². The van der Waals surface area contributed by atoms with Crippen LogP contribution in [0.15, 0.2) is 42.5 Å². The minimum Gasteiger partial charge on any atom is -0.493 e. The normalized spacial score (nSPS) is 24.8. The number of esters is 1. The van der Waals surface area contributed by atoms with E-state index in [4.69, 9.17) is 26.4 Å². The molecule has 0 amide bonds. The van der Waals surface area contributed by atoms with E-state index in [0.717, 1.165) is 17.7 Å². The minimum atomic E-state index is -1.09. The van der Waals surface area contributed by atoms with Gasteiger partial charge in [-0.3, -0.25) is 9.69 Å². The fourth-order valence-electron chi connectivity index (χ4n) is 4.29. The number of nitrogens with zero attached hydrogens (tertiary/aromatic N) is 1. The summed E-state index contributed by atoms with van der Waals surface area (Å²) in [5.74, 6) is 0.214. The molecule has 0 spiro atoms. The first kappa shape index (κ1) is 19.5. The van der Waals surface area contributed by atoms with Gasteiger partial charge in [0.1, 0.15) is 5.92 Å². The zero-order valence-electron chi connectivity index (χ0n) is 16.9. The lowest BCUT2D eigenvalue weighted by molar-refractivity contribution is -0.157. The molecule has 152 valence electrons. The van der Waals surface area contributed by atoms with E-state index in [1.54, 1.807) is 7.11 Å². The number of para-hydroxylation sites is 1. The molecule has 0 radical (unpaired) electrons. The molecule has 2 aliphatic rings. The Labute approximate surface area is 175 Å². The lowest BCUT2D eigenvalue weighted by Gasteiger charge is -2.55. The van der Waals surface area contributed by atoms with Crippen LogP contribution < -0.4 is 19.7 Å². The van der Waals surface area contributed by atoms with Crippen molar-refractivity contribution in [2.24, 2.45) is 5.92 Å². The molecule has 7 heteroatoms. The van der Waals surface area contributed by atoms with Crippen LogP contribution in [0.1, 0.15) is 31.0 Å². The molecule has 0 aliphatic carbocycles. The summed E-state index contributed by atoms with van der Waals surface area (Å²) in [6.45, 7) is 3.98. The molecule has 4 rings (SSSR count). The number of carbonyl (C=O) groups excluding carboxylic acids is 1. The quantitative estimate of drug-likeness (QED) is 0.608. The molecule has 1 N–H and O–H groups in total. The van der Waals surface area contributed by atoms with Crippen LogP contribution in [0.25, 0.3) is 0 Å². The Kier molecular flexibility index (Phi) is 4.86. The van der Waals surface area contributed by atoms with Crippen LogP contribution in [0.5, 0.6) is 11.5 Å². The number of hydrogen-bond donors (Lipinski definition) is 1. The first-order valence-electron chi connectivity index (χ1n) is 9.58. The van der Waals surface area contributed by atoms with E-state index < -0.39 is 11.6 Å². The fourth-order valence-corrected chi connectivity index (χ4v) is 4.70. The average molecular weight is 413 g/mol. The molecule has 3 unspecified atom stereocenters. The first-order valence-corrected chi connectivity index (χ1v) is 9.98. The summed E-state index contributed by atoms with van der Waals surface area (Å²) >= 11 is 5.71. The summed E-state index contributed by atoms with van der Waals surface area (Å²) in [6, 6.07) is 13.3. The van der Waals surface area contributed by atoms with Gasteiger partial charge in [0.25, 0.3) is 0 Å². The van der Waals surface area contributed by atoms with E-state index in [0.29, 0.717) is 16.6 Å². The van der Waals surface area contributed by atoms with Gasteiger partial charge in [-0.15, -0.1) is 0 Å². The summed E-state index contributed by atoms with van der Waals surface area (Å²) < 4.78 is 17.2. The zero-order chi connectivity index (χ0) is 20.8. The maximum Gasteiger partial charge on any atom is 0.317 e. The van der Waals surface area contributed by atoms with Gasteiger partial charge in [-0.2, -0.15) is 0 Å². The number of fused-ring (bicyclic) bond motifs is 4. The second-order valence-electron chi connectivity index (χ2n) is 7.32. The third-order valence-electron chi connectivity index (χ3n) is 5.77. The number of benzene rings is 2. The number of hydrogen-bond acceptors (Lipinski definition) is 5. The molecule has 29 heavy (non-hydrogen) atoms. The molecule has 2 bridgehead atoms. The van der Waals surface area contributed by atoms with Crippen molar-refractivity contribution in [1.29, 1.82) is 0 Å². The van der Waals surface area contributed by atoms with Crippen LogP contribution in [0.3, 0.4) is 0 Å². The molecule has 2 aromatic carbocycles. The average Bonchev–Trinajstić information content (AvgIpc) is 2.72. The number of anilines is 1. The van der Waals surface area contributed by atoms with Gasteiger partial charge in [-0.05, 0) is 49.3 Å². The fraction of sp³-hybridized carbons (Fsp3) is 0.364. The van der Waals surface area contributed by atoms with Crippen LogP contribution in [0.4, 0.5) is 5.69 Å². The van der Waals surface area contributed by atoms with E-state index in [-0.39, 0.29) is 12.0 Å². The van der Waals surface area contributed by atoms with Crippen LogP contribution >= 0.6 is 12.2 Å². The van der Waals surface area contributed by atoms with Crippen molar-refractivity contribution in [2.45, 2.75) is 32.0 Å². The summed E-state index contributed by atoms with van der Waals surface area (Å²) in [5.41, 5.74) is 1.79. The molecule has 2 aromatic rings. The number of carbonyl (C=O) groups is 1. The highest BCUT2D eigenvalue weighted by atomic mass is 32.1. The second kappa shape index (κ2) is 7.22. The molecule has 3 atom stereocenters. The molecule has 1 saturated heterocycles. The Morgan fingerprint density at radius 3 is 2.59 bits per heavy atom. The Hall–Kier alpha value is -2.80. The van der Waals surface area contributed by atoms with Crippen molar-refractivity contribution in [1.82, 2.24) is 5.32 Å². The number of thiocarbonyl (C=S) groups is 1. The Morgan fingerprint density at radius 1 is 1.24 bits per heavy atom. The molecule has 2 aliphatic heterocycles. The topological polar surface area (TPSA) is 60.0 Å². The maximum absolute atomic E-state index is 12.9. The standard InChI is InChI=1S/C22H24N2O4S/c1-5-13-9-11-14(12-10-13)24-21(29)23-18-15-7-6-8-16(26-3)19(15)28-22(24,2)17(18)20(25)27-4/h6-12,17-18H,5H2,1-4H3,(H,23,29). The highest BCUT2D eigenvalue weighted by Crippen LogP contribution is 2.52. The molecule has 6 nitrogen and oxygen atoms in total. The number of aryl methyl sites for hydroxylation is 1. The lowest BCUT2D eigenvalue weighted by atomic mass is 9.79. The van der Waals surface area contributed by atoms with Gasteiger partial charge < -0.3 is 19.5 Å². The zero-order valence-corrected chi connectivity index (χ0v) is 17.7. The van der Waals surface area contributed by atoms with E-state index >= 15 is 0 Å². The van der Waals surface area contributed by atoms with Crippen molar-refractivity contribution in [3.8, 4) is 11.5 Å². The predicted molar refractivity (Wildman–Crippen MR) is 114 cm³/mol. The van der Waals surface area contributed by atoms with Crippen molar-refractivity contribution < 1.29 is 19.0 Å². The second-order valence-corrected chi connectivity index (χ2v) is 7.71. The highest BCUT2D eigenvalue weighted by molar-refractivity contribution is 7.80. The molecular weight excluding hydrogens is 388 g/mol. The Bertz CT molecular complexity index is 962. The van der Waals surface area contributed by atoms with Crippen LogP contribution in [0, 0.1) is 5.92 Å². The number of ether oxygens (including phenoxy) is 3. The summed E-state index contributed by atoms with van der Waals surface area (Å²) in [7, 11) is 2.99. The first-order chi connectivity index (χ1) is 13.9. The maximum atomic E-state index is 12.9. The Balaban J connectivity index is 1.90. The van der Waals surface area contributed by atoms with E-state index in [9.17, 15) is 4.79 Å². The molecule has 1 fully saturated rings. The van der Waals surface area contributed by atoms with Crippen molar-refractivity contribution in [3.63, 3.8) is 0 Å². The summed E-state index contributed by atoms with van der Waals surface area (Å²) in [4.78, 5) is 14.7. The van der Waals surface area contributed by atoms with Gasteiger partial charge in [0.2, 0.25) is 5.72 Å². The molecule has 0 aromatic heterocycles.